The number of nitrogens with zero attached hydrogens (tertiary/aromatic N) is 1. The van der Waals surface area contributed by atoms with Gasteiger partial charge in [-0.2, -0.15) is 0 Å². The van der Waals surface area contributed by atoms with Crippen molar-refractivity contribution in [2.24, 2.45) is 0 Å². The van der Waals surface area contributed by atoms with Crippen LogP contribution in [0.25, 0.3) is 0 Å². The second-order valence-electron chi connectivity index (χ2n) is 5.46. The fraction of sp³-hybridized carbons (Fsp3) is 0.222. The van der Waals surface area contributed by atoms with Crippen LogP contribution in [0.15, 0.2) is 47.4 Å². The van der Waals surface area contributed by atoms with E-state index < -0.39 is 17.5 Å². The molecule has 140 valence electrons. The Bertz CT molecular complexity index is 884. The zero-order chi connectivity index (χ0) is 19.2. The molecule has 0 fully saturated rings. The number of Topliss-reactive ketones (excluding diaryl/α,β-unsaturated/α-hetero) is 1. The largest absolute Gasteiger partial charge is 0.486 e. The Hall–Kier alpha value is -3.07. The summed E-state index contributed by atoms with van der Waals surface area (Å²) in [6.07, 6.45) is 0. The molecule has 1 aliphatic rings. The third-order valence-electron chi connectivity index (χ3n) is 3.64. The molecule has 0 unspecified atom stereocenters. The minimum Gasteiger partial charge on any atom is -0.486 e. The van der Waals surface area contributed by atoms with Crippen molar-refractivity contribution in [3.63, 3.8) is 0 Å². The van der Waals surface area contributed by atoms with E-state index in [1.54, 1.807) is 36.4 Å². The second kappa shape index (κ2) is 8.54. The number of carbonyl (C=O) groups is 2. The molecule has 0 amide bonds. The lowest BCUT2D eigenvalue weighted by Crippen LogP contribution is -2.18. The van der Waals surface area contributed by atoms with Crippen molar-refractivity contribution >= 4 is 29.2 Å². The highest BCUT2D eigenvalue weighted by Crippen LogP contribution is 2.31. The van der Waals surface area contributed by atoms with Crippen molar-refractivity contribution in [1.82, 2.24) is 0 Å². The number of rotatable bonds is 7. The lowest BCUT2D eigenvalue weighted by atomic mass is 10.1. The molecule has 0 radical (unpaired) electrons. The number of hydrogen-bond acceptors (Lipinski definition) is 8. The first-order valence-electron chi connectivity index (χ1n) is 7.99. The Labute approximate surface area is 158 Å². The monoisotopic (exact) mass is 389 g/mol. The van der Waals surface area contributed by atoms with Gasteiger partial charge in [0.25, 0.3) is 5.69 Å². The number of para-hydroxylation sites is 1. The number of nitro groups is 1. The topological polar surface area (TPSA) is 105 Å². The lowest BCUT2D eigenvalue weighted by molar-refractivity contribution is -0.387. The third-order valence-corrected chi connectivity index (χ3v) is 4.67. The molecule has 0 aliphatic carbocycles. The molecule has 0 saturated carbocycles. The fourth-order valence-corrected chi connectivity index (χ4v) is 3.18. The third kappa shape index (κ3) is 4.76. The van der Waals surface area contributed by atoms with Gasteiger partial charge < -0.3 is 14.2 Å². The number of carbonyl (C=O) groups excluding carboxylic acids is 2. The van der Waals surface area contributed by atoms with Gasteiger partial charge in [-0.15, -0.1) is 11.8 Å². The average molecular weight is 389 g/mol. The summed E-state index contributed by atoms with van der Waals surface area (Å²) in [4.78, 5) is 34.8. The first-order valence-corrected chi connectivity index (χ1v) is 8.98. The summed E-state index contributed by atoms with van der Waals surface area (Å²) in [6, 6.07) is 10.9. The first kappa shape index (κ1) is 18.7. The predicted molar refractivity (Wildman–Crippen MR) is 96.5 cm³/mol. The van der Waals surface area contributed by atoms with Crippen molar-refractivity contribution in [3.8, 4) is 11.5 Å². The summed E-state index contributed by atoms with van der Waals surface area (Å²) >= 11 is 0.986. The molecule has 0 aromatic heterocycles. The van der Waals surface area contributed by atoms with E-state index in [2.05, 4.69) is 0 Å². The van der Waals surface area contributed by atoms with E-state index in [1.165, 1.54) is 6.07 Å². The number of benzene rings is 2. The smallest absolute Gasteiger partial charge is 0.316 e. The first-order chi connectivity index (χ1) is 13.0. The van der Waals surface area contributed by atoms with Gasteiger partial charge in [0.1, 0.15) is 13.2 Å². The number of esters is 1. The van der Waals surface area contributed by atoms with E-state index in [4.69, 9.17) is 14.2 Å². The van der Waals surface area contributed by atoms with Gasteiger partial charge >= 0.3 is 5.97 Å². The van der Waals surface area contributed by atoms with Gasteiger partial charge in [0.05, 0.1) is 15.6 Å². The van der Waals surface area contributed by atoms with Crippen LogP contribution in [-0.4, -0.2) is 42.2 Å². The molecule has 0 bridgehead atoms. The van der Waals surface area contributed by atoms with Crippen LogP contribution in [0.5, 0.6) is 11.5 Å². The van der Waals surface area contributed by atoms with E-state index in [-0.39, 0.29) is 17.2 Å². The quantitative estimate of drug-likeness (QED) is 0.234. The van der Waals surface area contributed by atoms with Gasteiger partial charge in [0.2, 0.25) is 0 Å². The van der Waals surface area contributed by atoms with Gasteiger partial charge in [-0.1, -0.05) is 12.1 Å². The zero-order valence-corrected chi connectivity index (χ0v) is 14.9. The van der Waals surface area contributed by atoms with Gasteiger partial charge in [0.15, 0.2) is 23.9 Å². The van der Waals surface area contributed by atoms with Crippen molar-refractivity contribution in [3.05, 3.63) is 58.1 Å². The molecule has 2 aromatic carbocycles. The highest BCUT2D eigenvalue weighted by molar-refractivity contribution is 8.00. The molecule has 27 heavy (non-hydrogen) atoms. The van der Waals surface area contributed by atoms with Gasteiger partial charge in [0, 0.05) is 11.6 Å². The van der Waals surface area contributed by atoms with Crippen molar-refractivity contribution in [2.45, 2.75) is 4.90 Å². The maximum atomic E-state index is 12.2. The van der Waals surface area contributed by atoms with Crippen molar-refractivity contribution < 1.29 is 28.7 Å². The van der Waals surface area contributed by atoms with Gasteiger partial charge in [-0.05, 0) is 24.3 Å². The maximum absolute atomic E-state index is 12.2. The Morgan fingerprint density at radius 2 is 1.85 bits per heavy atom. The molecule has 1 heterocycles. The van der Waals surface area contributed by atoms with Crippen molar-refractivity contribution in [1.29, 1.82) is 0 Å². The van der Waals surface area contributed by atoms with Crippen LogP contribution in [0, 0.1) is 10.1 Å². The molecule has 0 N–H and O–H groups in total. The summed E-state index contributed by atoms with van der Waals surface area (Å²) in [5, 5.41) is 11.0. The standard InChI is InChI=1S/C18H15NO7S/c20-14(12-5-6-15-16(9-12)25-8-7-24-15)10-26-18(21)11-27-17-4-2-1-3-13(17)19(22)23/h1-6,9H,7-8,10-11H2. The second-order valence-corrected chi connectivity index (χ2v) is 6.47. The number of fused-ring (bicyclic) bond motifs is 1. The van der Waals surface area contributed by atoms with Crippen LogP contribution in [0.4, 0.5) is 5.69 Å². The zero-order valence-electron chi connectivity index (χ0n) is 14.1. The van der Waals surface area contributed by atoms with Crippen LogP contribution in [-0.2, 0) is 9.53 Å². The number of nitro benzene ring substituents is 1. The highest BCUT2D eigenvalue weighted by atomic mass is 32.2. The Kier molecular flexibility index (Phi) is 5.92. The van der Waals surface area contributed by atoms with Gasteiger partial charge in [-0.3, -0.25) is 19.7 Å². The molecule has 0 saturated heterocycles. The van der Waals surface area contributed by atoms with E-state index >= 15 is 0 Å². The number of thioether (sulfide) groups is 1. The van der Waals surface area contributed by atoms with Crippen LogP contribution < -0.4 is 9.47 Å². The minimum absolute atomic E-state index is 0.0809. The summed E-state index contributed by atoms with van der Waals surface area (Å²) in [5.74, 6) is -0.111. The summed E-state index contributed by atoms with van der Waals surface area (Å²) in [5.41, 5.74) is 0.265. The Morgan fingerprint density at radius 3 is 2.63 bits per heavy atom. The number of hydrogen-bond donors (Lipinski definition) is 0. The SMILES string of the molecule is O=C(CSc1ccccc1[N+](=O)[O-])OCC(=O)c1ccc2c(c1)OCCO2. The van der Waals surface area contributed by atoms with Crippen LogP contribution in [0.3, 0.4) is 0 Å². The lowest BCUT2D eigenvalue weighted by Gasteiger charge is -2.18. The summed E-state index contributed by atoms with van der Waals surface area (Å²) in [6.45, 7) is 0.438. The number of ketones is 1. The molecule has 0 spiro atoms. The molecular formula is C18H15NO7S. The summed E-state index contributed by atoms with van der Waals surface area (Å²) in [7, 11) is 0. The molecule has 3 rings (SSSR count). The molecule has 8 nitrogen and oxygen atoms in total. The Morgan fingerprint density at radius 1 is 1.11 bits per heavy atom. The summed E-state index contributed by atoms with van der Waals surface area (Å²) < 4.78 is 15.8. The normalized spacial score (nSPS) is 12.3. The van der Waals surface area contributed by atoms with Crippen LogP contribution in [0.2, 0.25) is 0 Å². The van der Waals surface area contributed by atoms with Crippen LogP contribution >= 0.6 is 11.8 Å². The molecule has 9 heteroatoms. The van der Waals surface area contributed by atoms with Crippen molar-refractivity contribution in [2.75, 3.05) is 25.6 Å². The molecular weight excluding hydrogens is 374 g/mol. The maximum Gasteiger partial charge on any atom is 0.316 e. The number of ether oxygens (including phenoxy) is 3. The Balaban J connectivity index is 1.52. The van der Waals surface area contributed by atoms with Crippen LogP contribution in [0.1, 0.15) is 10.4 Å². The van der Waals surface area contributed by atoms with Gasteiger partial charge in [-0.25, -0.2) is 0 Å². The fourth-order valence-electron chi connectivity index (χ4n) is 2.35. The predicted octanol–water partition coefficient (Wildman–Crippen LogP) is 2.88. The highest BCUT2D eigenvalue weighted by Gasteiger charge is 2.18. The van der Waals surface area contributed by atoms with E-state index in [9.17, 15) is 19.7 Å². The van der Waals surface area contributed by atoms with E-state index in [1.807, 2.05) is 0 Å². The molecule has 1 aliphatic heterocycles. The van der Waals surface area contributed by atoms with E-state index in [0.29, 0.717) is 35.2 Å². The minimum atomic E-state index is -0.635. The molecule has 2 aromatic rings. The molecule has 0 atom stereocenters. The van der Waals surface area contributed by atoms with E-state index in [0.717, 1.165) is 11.8 Å². The average Bonchev–Trinajstić information content (AvgIpc) is 2.70.